The van der Waals surface area contributed by atoms with Crippen LogP contribution in [0.25, 0.3) is 0 Å². The highest BCUT2D eigenvalue weighted by atomic mass is 28.1. The topological polar surface area (TPSA) is 0 Å². The van der Waals surface area contributed by atoms with Gasteiger partial charge in [0.05, 0.1) is 0 Å². The van der Waals surface area contributed by atoms with Gasteiger partial charge in [-0.15, -0.1) is 0 Å². The molecular weight excluding hydrogens is 231 g/mol. The molecule has 0 spiro atoms. The zero-order valence-corrected chi connectivity index (χ0v) is 10.2. The van der Waals surface area contributed by atoms with Crippen molar-refractivity contribution in [3.05, 3.63) is 34.6 Å². The number of hydrogen-bond acceptors (Lipinski definition) is 0. The van der Waals surface area contributed by atoms with E-state index >= 15 is 0 Å². The zero-order valence-electron chi connectivity index (χ0n) is 8.17. The summed E-state index contributed by atoms with van der Waals surface area (Å²) in [7, 11) is 0.332. The Kier molecular flexibility index (Phi) is 3.49. The average molecular weight is 240 g/mol. The smallest absolute Gasteiger partial charge is 0.200 e. The van der Waals surface area contributed by atoms with Gasteiger partial charge in [0.2, 0.25) is 5.82 Å². The van der Waals surface area contributed by atoms with Crippen molar-refractivity contribution in [2.24, 2.45) is 0 Å². The molecule has 0 aliphatic heterocycles. The third-order valence-corrected chi connectivity index (χ3v) is 3.74. The predicted molar refractivity (Wildman–Crippen MR) is 49.2 cm³/mol. The Morgan fingerprint density at radius 1 is 0.867 bits per heavy atom. The summed E-state index contributed by atoms with van der Waals surface area (Å²) in [5, 5.41) is 0. The lowest BCUT2D eigenvalue weighted by Crippen LogP contribution is -2.11. The second-order valence-electron chi connectivity index (χ2n) is 3.29. The summed E-state index contributed by atoms with van der Waals surface area (Å²) in [6, 6.07) is 0. The van der Waals surface area contributed by atoms with Crippen molar-refractivity contribution in [1.29, 1.82) is 0 Å². The monoisotopic (exact) mass is 240 g/mol. The van der Waals surface area contributed by atoms with E-state index in [2.05, 4.69) is 0 Å². The maximum Gasteiger partial charge on any atom is 0.200 e. The molecule has 0 aliphatic carbocycles. The molecule has 0 N–H and O–H groups in total. The Labute approximate surface area is 86.5 Å². The SMILES string of the molecule is CCC([SiH3])c1c(F)c(F)c(F)c(F)c1F. The van der Waals surface area contributed by atoms with Gasteiger partial charge in [0, 0.05) is 15.8 Å². The Morgan fingerprint density at radius 3 is 1.53 bits per heavy atom. The molecule has 1 unspecified atom stereocenters. The first-order valence-electron chi connectivity index (χ1n) is 4.43. The molecule has 1 aromatic carbocycles. The molecule has 1 atom stereocenters. The van der Waals surface area contributed by atoms with Crippen LogP contribution < -0.4 is 0 Å². The van der Waals surface area contributed by atoms with Gasteiger partial charge in [0.15, 0.2) is 23.3 Å². The zero-order chi connectivity index (χ0) is 11.7. The van der Waals surface area contributed by atoms with E-state index in [1.807, 2.05) is 0 Å². The molecule has 0 fully saturated rings. The van der Waals surface area contributed by atoms with Crippen LogP contribution in [0.5, 0.6) is 0 Å². The van der Waals surface area contributed by atoms with Crippen LogP contribution >= 0.6 is 0 Å². The molecule has 0 bridgehead atoms. The summed E-state index contributed by atoms with van der Waals surface area (Å²) in [4.78, 5) is 0. The molecule has 0 saturated carbocycles. The first-order valence-corrected chi connectivity index (χ1v) is 5.58. The van der Waals surface area contributed by atoms with E-state index in [1.165, 1.54) is 0 Å². The lowest BCUT2D eigenvalue weighted by atomic mass is 10.1. The number of benzene rings is 1. The fraction of sp³-hybridized carbons (Fsp3) is 0.333. The molecule has 0 heterocycles. The van der Waals surface area contributed by atoms with Gasteiger partial charge in [-0.1, -0.05) is 13.3 Å². The van der Waals surface area contributed by atoms with Gasteiger partial charge in [-0.3, -0.25) is 0 Å². The third kappa shape index (κ3) is 1.90. The van der Waals surface area contributed by atoms with Crippen molar-refractivity contribution in [2.75, 3.05) is 0 Å². The standard InChI is InChI=1S/C9H9F5Si/c1-2-3(15)4-5(10)7(12)9(14)8(13)6(4)11/h3H,2H2,1,15H3. The van der Waals surface area contributed by atoms with Crippen molar-refractivity contribution < 1.29 is 22.0 Å². The molecule has 15 heavy (non-hydrogen) atoms. The summed E-state index contributed by atoms with van der Waals surface area (Å²) >= 11 is 0. The number of rotatable bonds is 2. The maximum absolute atomic E-state index is 13.1. The first kappa shape index (κ1) is 12.2. The summed E-state index contributed by atoms with van der Waals surface area (Å²) in [5.74, 6) is -9.23. The van der Waals surface area contributed by atoms with Crippen LogP contribution in [0, 0.1) is 29.1 Å². The second kappa shape index (κ2) is 4.30. The van der Waals surface area contributed by atoms with Crippen LogP contribution in [0.3, 0.4) is 0 Å². The fourth-order valence-corrected chi connectivity index (χ4v) is 1.77. The highest BCUT2D eigenvalue weighted by molar-refractivity contribution is 6.12. The number of hydrogen-bond donors (Lipinski definition) is 0. The van der Waals surface area contributed by atoms with Gasteiger partial charge in [0.1, 0.15) is 0 Å². The summed E-state index contributed by atoms with van der Waals surface area (Å²) < 4.78 is 64.4. The van der Waals surface area contributed by atoms with Crippen LogP contribution in [0.15, 0.2) is 0 Å². The molecule has 1 rings (SSSR count). The van der Waals surface area contributed by atoms with Gasteiger partial charge in [-0.25, -0.2) is 22.0 Å². The minimum atomic E-state index is -2.10. The van der Waals surface area contributed by atoms with Crippen molar-refractivity contribution >= 4 is 10.2 Å². The molecule has 0 radical (unpaired) electrons. The van der Waals surface area contributed by atoms with E-state index in [0.717, 1.165) is 0 Å². The summed E-state index contributed by atoms with van der Waals surface area (Å²) in [6.45, 7) is 1.63. The predicted octanol–water partition coefficient (Wildman–Crippen LogP) is 2.20. The van der Waals surface area contributed by atoms with Gasteiger partial charge >= 0.3 is 0 Å². The van der Waals surface area contributed by atoms with E-state index in [0.29, 0.717) is 16.7 Å². The molecular formula is C9H9F5Si. The molecule has 0 saturated heterocycles. The van der Waals surface area contributed by atoms with Gasteiger partial charge < -0.3 is 0 Å². The van der Waals surface area contributed by atoms with Gasteiger partial charge in [-0.2, -0.15) is 0 Å². The van der Waals surface area contributed by atoms with Crippen LogP contribution in [0.4, 0.5) is 22.0 Å². The molecule has 0 aromatic heterocycles. The molecule has 6 heteroatoms. The normalized spacial score (nSPS) is 13.2. The lowest BCUT2D eigenvalue weighted by Gasteiger charge is -2.12. The first-order chi connectivity index (χ1) is 6.91. The molecule has 84 valence electrons. The van der Waals surface area contributed by atoms with Crippen LogP contribution in [-0.4, -0.2) is 10.2 Å². The highest BCUT2D eigenvalue weighted by Gasteiger charge is 2.27. The maximum atomic E-state index is 13.1. The number of halogens is 5. The Balaban J connectivity index is 3.52. The van der Waals surface area contributed by atoms with E-state index in [1.54, 1.807) is 6.92 Å². The van der Waals surface area contributed by atoms with Crippen LogP contribution in [-0.2, 0) is 0 Å². The molecule has 0 amide bonds. The van der Waals surface area contributed by atoms with Gasteiger partial charge in [0.25, 0.3) is 0 Å². The van der Waals surface area contributed by atoms with Crippen LogP contribution in [0.1, 0.15) is 24.4 Å². The minimum Gasteiger partial charge on any atom is -0.203 e. The largest absolute Gasteiger partial charge is 0.203 e. The fourth-order valence-electron chi connectivity index (χ4n) is 1.26. The van der Waals surface area contributed by atoms with Crippen molar-refractivity contribution in [2.45, 2.75) is 18.9 Å². The Morgan fingerprint density at radius 2 is 1.20 bits per heavy atom. The van der Waals surface area contributed by atoms with Crippen LogP contribution in [0.2, 0.25) is 0 Å². The molecule has 0 aliphatic rings. The minimum absolute atomic E-state index is 0.332. The van der Waals surface area contributed by atoms with Crippen molar-refractivity contribution in [3.63, 3.8) is 0 Å². The van der Waals surface area contributed by atoms with Crippen molar-refractivity contribution in [1.82, 2.24) is 0 Å². The van der Waals surface area contributed by atoms with E-state index < -0.39 is 40.2 Å². The summed E-state index contributed by atoms with van der Waals surface area (Å²) in [6.07, 6.45) is 0.352. The Bertz CT molecular complexity index is 362. The third-order valence-electron chi connectivity index (χ3n) is 2.35. The van der Waals surface area contributed by atoms with E-state index in [4.69, 9.17) is 0 Å². The van der Waals surface area contributed by atoms with Crippen molar-refractivity contribution in [3.8, 4) is 0 Å². The average Bonchev–Trinajstić information content (AvgIpc) is 2.23. The summed E-state index contributed by atoms with van der Waals surface area (Å²) in [5.41, 5.74) is -1.25. The second-order valence-corrected chi connectivity index (χ2v) is 4.69. The molecule has 1 aromatic rings. The van der Waals surface area contributed by atoms with E-state index in [9.17, 15) is 22.0 Å². The van der Waals surface area contributed by atoms with E-state index in [-0.39, 0.29) is 0 Å². The molecule has 0 nitrogen and oxygen atoms in total. The highest BCUT2D eigenvalue weighted by Crippen LogP contribution is 2.28. The quantitative estimate of drug-likeness (QED) is 0.322. The lowest BCUT2D eigenvalue weighted by molar-refractivity contribution is 0.368. The Hall–Kier alpha value is -0.913. The van der Waals surface area contributed by atoms with Gasteiger partial charge in [-0.05, 0) is 5.54 Å².